The molecule has 0 bridgehead atoms. The number of ether oxygens (including phenoxy) is 1. The van der Waals surface area contributed by atoms with Crippen molar-refractivity contribution >= 4 is 11.7 Å². The second kappa shape index (κ2) is 6.76. The van der Waals surface area contributed by atoms with Crippen molar-refractivity contribution in [1.29, 1.82) is 0 Å². The van der Waals surface area contributed by atoms with Gasteiger partial charge in [-0.25, -0.2) is 4.68 Å². The van der Waals surface area contributed by atoms with Gasteiger partial charge < -0.3 is 9.64 Å². The van der Waals surface area contributed by atoms with Crippen LogP contribution in [0.5, 0.6) is 0 Å². The van der Waals surface area contributed by atoms with Gasteiger partial charge in [-0.3, -0.25) is 9.59 Å². The normalized spacial score (nSPS) is 22.2. The number of carbonyl (C=O) groups excluding carboxylic acids is 2. The molecule has 2 aromatic rings. The van der Waals surface area contributed by atoms with Crippen LogP contribution in [0, 0.1) is 0 Å². The number of amides is 1. The van der Waals surface area contributed by atoms with Crippen molar-refractivity contribution in [1.82, 2.24) is 19.9 Å². The minimum absolute atomic E-state index is 0.0256. The third kappa shape index (κ3) is 3.19. The summed E-state index contributed by atoms with van der Waals surface area (Å²) in [5, 5.41) is 8.04. The van der Waals surface area contributed by atoms with Gasteiger partial charge in [0.1, 0.15) is 0 Å². The molecule has 0 spiro atoms. The lowest BCUT2D eigenvalue weighted by atomic mass is 9.99. The van der Waals surface area contributed by atoms with Crippen LogP contribution in [0.2, 0.25) is 0 Å². The van der Waals surface area contributed by atoms with Gasteiger partial charge in [0.25, 0.3) is 5.91 Å². The minimum Gasteiger partial charge on any atom is -0.370 e. The molecule has 2 aliphatic rings. The van der Waals surface area contributed by atoms with Crippen molar-refractivity contribution in [3.05, 3.63) is 47.8 Å². The van der Waals surface area contributed by atoms with Crippen LogP contribution in [0.1, 0.15) is 30.1 Å². The highest BCUT2D eigenvalue weighted by molar-refractivity contribution is 6.36. The Morgan fingerprint density at radius 3 is 2.92 bits per heavy atom. The van der Waals surface area contributed by atoms with Crippen molar-refractivity contribution < 1.29 is 14.3 Å². The smallest absolute Gasteiger partial charge is 0.290 e. The summed E-state index contributed by atoms with van der Waals surface area (Å²) in [4.78, 5) is 26.5. The number of hydrogen-bond donors (Lipinski definition) is 0. The fourth-order valence-corrected chi connectivity index (χ4v) is 3.55. The largest absolute Gasteiger partial charge is 0.370 e. The number of nitrogens with zero attached hydrogens (tertiary/aromatic N) is 4. The second-order valence-electron chi connectivity index (χ2n) is 6.54. The van der Waals surface area contributed by atoms with Gasteiger partial charge in [0.2, 0.25) is 5.78 Å². The predicted octanol–water partition coefficient (Wildman–Crippen LogP) is 1.15. The molecule has 1 aromatic carbocycles. The van der Waals surface area contributed by atoms with E-state index in [2.05, 4.69) is 10.3 Å². The molecular weight excluding hydrogens is 320 g/mol. The molecule has 2 aliphatic heterocycles. The number of aryl methyl sites for hydroxylation is 1. The molecule has 7 heteroatoms. The summed E-state index contributed by atoms with van der Waals surface area (Å²) in [5.74, 6) is -0.737. The number of piperidine rings is 1. The minimum atomic E-state index is -0.401. The van der Waals surface area contributed by atoms with Crippen molar-refractivity contribution in [2.45, 2.75) is 38.0 Å². The van der Waals surface area contributed by atoms with Crippen LogP contribution < -0.4 is 0 Å². The first kappa shape index (κ1) is 16.0. The molecule has 4 rings (SSSR count). The topological polar surface area (TPSA) is 77.3 Å². The van der Waals surface area contributed by atoms with Gasteiger partial charge in [0.05, 0.1) is 30.6 Å². The van der Waals surface area contributed by atoms with Crippen LogP contribution >= 0.6 is 0 Å². The van der Waals surface area contributed by atoms with Crippen LogP contribution in [0.15, 0.2) is 36.5 Å². The Kier molecular flexibility index (Phi) is 4.31. The standard InChI is InChI=1S/C18H20N4O3/c23-16(7-6-13-4-2-1-3-5-13)18(24)21-9-8-17-15(11-21)22-14(12-25-17)10-19-20-22/h1-5,10,15,17H,6-9,11-12H2/t15-,17-/m0/s1. The number of benzene rings is 1. The van der Waals surface area contributed by atoms with Crippen molar-refractivity contribution in [2.75, 3.05) is 13.1 Å². The first-order valence-corrected chi connectivity index (χ1v) is 8.59. The van der Waals surface area contributed by atoms with Gasteiger partial charge in [-0.1, -0.05) is 35.5 Å². The molecule has 1 fully saturated rings. The average molecular weight is 340 g/mol. The maximum Gasteiger partial charge on any atom is 0.290 e. The van der Waals surface area contributed by atoms with Gasteiger partial charge in [0.15, 0.2) is 0 Å². The molecule has 1 amide bonds. The highest BCUT2D eigenvalue weighted by Crippen LogP contribution is 2.30. The van der Waals surface area contributed by atoms with Crippen molar-refractivity contribution in [3.8, 4) is 0 Å². The van der Waals surface area contributed by atoms with Crippen molar-refractivity contribution in [3.63, 3.8) is 0 Å². The average Bonchev–Trinajstić information content (AvgIpc) is 3.15. The van der Waals surface area contributed by atoms with Crippen LogP contribution in [-0.4, -0.2) is 50.8 Å². The number of likely N-dealkylation sites (tertiary alicyclic amines) is 1. The number of Topliss-reactive ketones (excluding diaryl/α,β-unsaturated/α-hetero) is 1. The Bertz CT molecular complexity index is 774. The molecular formula is C18H20N4O3. The van der Waals surface area contributed by atoms with Crippen molar-refractivity contribution in [2.24, 2.45) is 0 Å². The monoisotopic (exact) mass is 340 g/mol. The summed E-state index contributed by atoms with van der Waals surface area (Å²) >= 11 is 0. The molecule has 3 heterocycles. The van der Waals surface area contributed by atoms with Gasteiger partial charge in [-0.2, -0.15) is 0 Å². The van der Waals surface area contributed by atoms with Crippen LogP contribution in [0.3, 0.4) is 0 Å². The van der Waals surface area contributed by atoms with E-state index in [1.807, 2.05) is 35.0 Å². The van der Waals surface area contributed by atoms with E-state index in [-0.39, 0.29) is 24.3 Å². The van der Waals surface area contributed by atoms with Gasteiger partial charge in [0, 0.05) is 19.5 Å². The highest BCUT2D eigenvalue weighted by Gasteiger charge is 2.38. The number of carbonyl (C=O) groups is 2. The molecule has 0 unspecified atom stereocenters. The van der Waals surface area contributed by atoms with Crippen LogP contribution in [0.4, 0.5) is 0 Å². The fourth-order valence-electron chi connectivity index (χ4n) is 3.55. The molecule has 7 nitrogen and oxygen atoms in total. The summed E-state index contributed by atoms with van der Waals surface area (Å²) in [6, 6.07) is 9.68. The second-order valence-corrected chi connectivity index (χ2v) is 6.54. The van der Waals surface area contributed by atoms with E-state index in [1.165, 1.54) is 0 Å². The fraction of sp³-hybridized carbons (Fsp3) is 0.444. The quantitative estimate of drug-likeness (QED) is 0.781. The zero-order valence-corrected chi connectivity index (χ0v) is 13.9. The van der Waals surface area contributed by atoms with Crippen LogP contribution in [-0.2, 0) is 27.4 Å². The summed E-state index contributed by atoms with van der Waals surface area (Å²) in [6.07, 6.45) is 3.24. The van der Waals surface area contributed by atoms with Gasteiger partial charge in [-0.05, 0) is 18.4 Å². The zero-order valence-electron chi connectivity index (χ0n) is 13.9. The lowest BCUT2D eigenvalue weighted by molar-refractivity contribution is -0.149. The van der Waals surface area contributed by atoms with E-state index in [0.717, 1.165) is 11.3 Å². The van der Waals surface area contributed by atoms with Crippen LogP contribution in [0.25, 0.3) is 0 Å². The SMILES string of the molecule is O=C(CCc1ccccc1)C(=O)N1CC[C@@H]2OCc3cnnn3[C@H]2C1. The first-order chi connectivity index (χ1) is 12.2. The van der Waals surface area contributed by atoms with Gasteiger partial charge >= 0.3 is 0 Å². The van der Waals surface area contributed by atoms with E-state index in [0.29, 0.717) is 32.5 Å². The number of hydrogen-bond acceptors (Lipinski definition) is 5. The lowest BCUT2D eigenvalue weighted by Crippen LogP contribution is -2.51. The van der Waals surface area contributed by atoms with E-state index >= 15 is 0 Å². The maximum absolute atomic E-state index is 12.5. The summed E-state index contributed by atoms with van der Waals surface area (Å²) in [5.41, 5.74) is 1.97. The number of fused-ring (bicyclic) bond motifs is 3. The Labute approximate surface area is 145 Å². The van der Waals surface area contributed by atoms with Gasteiger partial charge in [-0.15, -0.1) is 5.10 Å². The maximum atomic E-state index is 12.5. The number of aromatic nitrogens is 3. The third-order valence-corrected chi connectivity index (χ3v) is 4.94. The summed E-state index contributed by atoms with van der Waals surface area (Å²) < 4.78 is 7.67. The predicted molar refractivity (Wildman–Crippen MR) is 88.6 cm³/mol. The molecule has 1 saturated heterocycles. The molecule has 0 radical (unpaired) electrons. The Morgan fingerprint density at radius 2 is 2.08 bits per heavy atom. The molecule has 25 heavy (non-hydrogen) atoms. The highest BCUT2D eigenvalue weighted by atomic mass is 16.5. The molecule has 0 saturated carbocycles. The lowest BCUT2D eigenvalue weighted by Gasteiger charge is -2.40. The van der Waals surface area contributed by atoms with E-state index in [1.54, 1.807) is 11.1 Å². The Hall–Kier alpha value is -2.54. The number of ketones is 1. The Morgan fingerprint density at radius 1 is 1.24 bits per heavy atom. The first-order valence-electron chi connectivity index (χ1n) is 8.59. The van der Waals surface area contributed by atoms with E-state index in [9.17, 15) is 9.59 Å². The third-order valence-electron chi connectivity index (χ3n) is 4.94. The molecule has 0 N–H and O–H groups in total. The van der Waals surface area contributed by atoms with E-state index in [4.69, 9.17) is 4.74 Å². The number of rotatable bonds is 4. The zero-order chi connectivity index (χ0) is 17.2. The summed E-state index contributed by atoms with van der Waals surface area (Å²) in [6.45, 7) is 1.48. The summed E-state index contributed by atoms with van der Waals surface area (Å²) in [7, 11) is 0. The Balaban J connectivity index is 1.39. The molecule has 0 aliphatic carbocycles. The molecule has 1 aromatic heterocycles. The molecule has 130 valence electrons. The molecule has 2 atom stereocenters. The van der Waals surface area contributed by atoms with E-state index < -0.39 is 5.91 Å².